The Kier molecular flexibility index (Phi) is 3.82. The molecule has 0 bridgehead atoms. The van der Waals surface area contributed by atoms with Crippen LogP contribution >= 0.6 is 0 Å². The van der Waals surface area contributed by atoms with E-state index in [1.54, 1.807) is 0 Å². The van der Waals surface area contributed by atoms with Gasteiger partial charge in [-0.25, -0.2) is 0 Å². The summed E-state index contributed by atoms with van der Waals surface area (Å²) in [6.45, 7) is 3.51. The molecule has 2 heteroatoms. The lowest BCUT2D eigenvalue weighted by molar-refractivity contribution is -0.150. The maximum Gasteiger partial charge on any atom is 0.159 e. The van der Waals surface area contributed by atoms with Crippen LogP contribution in [0, 0.1) is 0 Å². The lowest BCUT2D eigenvalue weighted by Crippen LogP contribution is -2.22. The van der Waals surface area contributed by atoms with Crippen molar-refractivity contribution in [3.8, 4) is 0 Å². The van der Waals surface area contributed by atoms with Crippen LogP contribution in [0.2, 0.25) is 0 Å². The molecule has 0 rings (SSSR count). The molecule has 0 spiro atoms. The van der Waals surface area contributed by atoms with Crippen LogP contribution in [0.25, 0.3) is 0 Å². The standard InChI is InChI=1S/C7H16O2/c1-3-4-5-6-7(2,8)9/h8-9H,3-6H2,1-2H3. The van der Waals surface area contributed by atoms with Crippen molar-refractivity contribution in [3.63, 3.8) is 0 Å². The fourth-order valence-corrected chi connectivity index (χ4v) is 0.710. The highest BCUT2D eigenvalue weighted by Crippen LogP contribution is 2.09. The predicted molar refractivity (Wildman–Crippen MR) is 37.0 cm³/mol. The molecule has 2 nitrogen and oxygen atoms in total. The first-order chi connectivity index (χ1) is 4.06. The molecule has 0 amide bonds. The highest BCUT2D eigenvalue weighted by atomic mass is 16.5. The lowest BCUT2D eigenvalue weighted by Gasteiger charge is -2.14. The van der Waals surface area contributed by atoms with Gasteiger partial charge in [0.05, 0.1) is 0 Å². The zero-order valence-corrected chi connectivity index (χ0v) is 6.22. The Morgan fingerprint density at radius 1 is 1.22 bits per heavy atom. The van der Waals surface area contributed by atoms with Crippen LogP contribution in [0.15, 0.2) is 0 Å². The third-order valence-corrected chi connectivity index (χ3v) is 1.25. The summed E-state index contributed by atoms with van der Waals surface area (Å²) in [4.78, 5) is 0. The fourth-order valence-electron chi connectivity index (χ4n) is 0.710. The Morgan fingerprint density at radius 2 is 1.78 bits per heavy atom. The molecule has 9 heavy (non-hydrogen) atoms. The minimum Gasteiger partial charge on any atom is -0.366 e. The normalized spacial score (nSPS) is 12.0. The van der Waals surface area contributed by atoms with Gasteiger partial charge < -0.3 is 10.2 Å². The number of aliphatic hydroxyl groups is 2. The average molecular weight is 132 g/mol. The van der Waals surface area contributed by atoms with E-state index in [9.17, 15) is 0 Å². The fraction of sp³-hybridized carbons (Fsp3) is 1.00. The zero-order chi connectivity index (χ0) is 7.33. The van der Waals surface area contributed by atoms with Crippen LogP contribution in [-0.4, -0.2) is 16.0 Å². The van der Waals surface area contributed by atoms with Crippen molar-refractivity contribution >= 4 is 0 Å². The first-order valence-electron chi connectivity index (χ1n) is 3.51. The average Bonchev–Trinajstić information content (AvgIpc) is 1.63. The number of hydrogen-bond acceptors (Lipinski definition) is 2. The minimum atomic E-state index is -1.45. The molecule has 0 aromatic heterocycles. The van der Waals surface area contributed by atoms with Crippen molar-refractivity contribution in [2.75, 3.05) is 0 Å². The predicted octanol–water partition coefficient (Wildman–Crippen LogP) is 1.27. The second kappa shape index (κ2) is 3.85. The van der Waals surface area contributed by atoms with Gasteiger partial charge in [0.15, 0.2) is 5.79 Å². The molecule has 0 saturated heterocycles. The Bertz CT molecular complexity index is 63.8. The number of rotatable bonds is 4. The van der Waals surface area contributed by atoms with Crippen molar-refractivity contribution < 1.29 is 10.2 Å². The van der Waals surface area contributed by atoms with Crippen molar-refractivity contribution in [1.29, 1.82) is 0 Å². The molecule has 0 saturated carbocycles. The summed E-state index contributed by atoms with van der Waals surface area (Å²) < 4.78 is 0. The van der Waals surface area contributed by atoms with E-state index in [2.05, 4.69) is 6.92 Å². The van der Waals surface area contributed by atoms with Crippen molar-refractivity contribution in [1.82, 2.24) is 0 Å². The van der Waals surface area contributed by atoms with Crippen molar-refractivity contribution in [2.45, 2.75) is 45.3 Å². The van der Waals surface area contributed by atoms with Crippen LogP contribution < -0.4 is 0 Å². The SMILES string of the molecule is CCCCCC(C)(O)O. The van der Waals surface area contributed by atoms with Gasteiger partial charge in [-0.2, -0.15) is 0 Å². The largest absolute Gasteiger partial charge is 0.366 e. The topological polar surface area (TPSA) is 40.5 Å². The quantitative estimate of drug-likeness (QED) is 0.446. The molecular formula is C7H16O2. The Balaban J connectivity index is 3.07. The molecule has 2 N–H and O–H groups in total. The van der Waals surface area contributed by atoms with Gasteiger partial charge in [0.1, 0.15) is 0 Å². The first-order valence-corrected chi connectivity index (χ1v) is 3.51. The summed E-state index contributed by atoms with van der Waals surface area (Å²) >= 11 is 0. The molecule has 0 fully saturated rings. The van der Waals surface area contributed by atoms with Crippen LogP contribution in [0.3, 0.4) is 0 Å². The lowest BCUT2D eigenvalue weighted by atomic mass is 10.1. The number of unbranched alkanes of at least 4 members (excludes halogenated alkanes) is 2. The van der Waals surface area contributed by atoms with E-state index in [-0.39, 0.29) is 0 Å². The molecular weight excluding hydrogens is 116 g/mol. The van der Waals surface area contributed by atoms with E-state index in [1.807, 2.05) is 0 Å². The van der Waals surface area contributed by atoms with Gasteiger partial charge in [-0.15, -0.1) is 0 Å². The molecule has 0 aliphatic heterocycles. The van der Waals surface area contributed by atoms with Gasteiger partial charge in [0.25, 0.3) is 0 Å². The van der Waals surface area contributed by atoms with Crippen LogP contribution in [0.1, 0.15) is 39.5 Å². The van der Waals surface area contributed by atoms with Crippen LogP contribution in [-0.2, 0) is 0 Å². The molecule has 0 unspecified atom stereocenters. The van der Waals surface area contributed by atoms with E-state index in [1.165, 1.54) is 6.92 Å². The second-order valence-electron chi connectivity index (χ2n) is 2.67. The summed E-state index contributed by atoms with van der Waals surface area (Å²) in [5.74, 6) is -1.45. The highest BCUT2D eigenvalue weighted by Gasteiger charge is 2.12. The summed E-state index contributed by atoms with van der Waals surface area (Å²) in [6.07, 6.45) is 3.59. The first kappa shape index (κ1) is 8.92. The van der Waals surface area contributed by atoms with Gasteiger partial charge in [0.2, 0.25) is 0 Å². The molecule has 0 aliphatic carbocycles. The smallest absolute Gasteiger partial charge is 0.159 e. The van der Waals surface area contributed by atoms with Crippen LogP contribution in [0.5, 0.6) is 0 Å². The maximum absolute atomic E-state index is 8.80. The zero-order valence-electron chi connectivity index (χ0n) is 6.22. The molecule has 0 aromatic carbocycles. The van der Waals surface area contributed by atoms with Gasteiger partial charge in [-0.05, 0) is 13.3 Å². The molecule has 0 aliphatic rings. The van der Waals surface area contributed by atoms with Gasteiger partial charge in [0, 0.05) is 6.42 Å². The highest BCUT2D eigenvalue weighted by molar-refractivity contribution is 4.54. The van der Waals surface area contributed by atoms with Gasteiger partial charge in [-0.3, -0.25) is 0 Å². The van der Waals surface area contributed by atoms with E-state index >= 15 is 0 Å². The molecule has 0 radical (unpaired) electrons. The molecule has 56 valence electrons. The van der Waals surface area contributed by atoms with Crippen molar-refractivity contribution in [3.05, 3.63) is 0 Å². The van der Waals surface area contributed by atoms with Crippen LogP contribution in [0.4, 0.5) is 0 Å². The van der Waals surface area contributed by atoms with E-state index in [0.717, 1.165) is 19.3 Å². The maximum atomic E-state index is 8.80. The van der Waals surface area contributed by atoms with E-state index in [0.29, 0.717) is 6.42 Å². The Morgan fingerprint density at radius 3 is 2.11 bits per heavy atom. The summed E-state index contributed by atoms with van der Waals surface area (Å²) in [7, 11) is 0. The second-order valence-corrected chi connectivity index (χ2v) is 2.67. The number of hydrogen-bond donors (Lipinski definition) is 2. The summed E-state index contributed by atoms with van der Waals surface area (Å²) in [6, 6.07) is 0. The Hall–Kier alpha value is -0.0800. The minimum absolute atomic E-state index is 0.487. The molecule has 0 heterocycles. The van der Waals surface area contributed by atoms with E-state index in [4.69, 9.17) is 10.2 Å². The Labute approximate surface area is 56.5 Å². The van der Waals surface area contributed by atoms with Gasteiger partial charge >= 0.3 is 0 Å². The molecule has 0 atom stereocenters. The van der Waals surface area contributed by atoms with Crippen molar-refractivity contribution in [2.24, 2.45) is 0 Å². The van der Waals surface area contributed by atoms with E-state index < -0.39 is 5.79 Å². The van der Waals surface area contributed by atoms with Gasteiger partial charge in [-0.1, -0.05) is 19.8 Å². The summed E-state index contributed by atoms with van der Waals surface area (Å²) in [5, 5.41) is 17.6. The summed E-state index contributed by atoms with van der Waals surface area (Å²) in [5.41, 5.74) is 0. The third-order valence-electron chi connectivity index (χ3n) is 1.25. The molecule has 0 aromatic rings. The third kappa shape index (κ3) is 7.92. The monoisotopic (exact) mass is 132 g/mol.